The Morgan fingerprint density at radius 3 is 1.10 bits per heavy atom. The molecule has 0 bridgehead atoms. The van der Waals surface area contributed by atoms with Crippen LogP contribution in [-0.2, 0) is 0 Å². The number of nitrogens with zero attached hydrogens (tertiary/aromatic N) is 3. The minimum Gasteiger partial charge on any atom is -0.309 e. The Morgan fingerprint density at radius 1 is 0.241 bits per heavy atom. The number of hydrogen-bond donors (Lipinski definition) is 0. The van der Waals surface area contributed by atoms with Crippen molar-refractivity contribution in [2.45, 2.75) is 0 Å². The van der Waals surface area contributed by atoms with Gasteiger partial charge in [0.15, 0.2) is 16.1 Å². The van der Waals surface area contributed by atoms with E-state index >= 15 is 0 Å². The molecular formula is C78H55N3Si2. The molecule has 0 atom stereocenters. The van der Waals surface area contributed by atoms with E-state index in [0.29, 0.717) is 22.4 Å². The normalized spacial score (nSPS) is 14.6. The Kier molecular flexibility index (Phi) is 8.43. The Hall–Kier alpha value is -10.3. The molecule has 0 aliphatic heterocycles. The third-order valence-electron chi connectivity index (χ3n) is 16.6. The van der Waals surface area contributed by atoms with Gasteiger partial charge in [-0.3, -0.25) is 0 Å². The van der Waals surface area contributed by atoms with Crippen molar-refractivity contribution in [1.29, 1.82) is 0 Å². The summed E-state index contributed by atoms with van der Waals surface area (Å²) in [5, 5.41) is 9.27. The Labute approximate surface area is 505 Å². The summed E-state index contributed by atoms with van der Waals surface area (Å²) in [7, 11) is -7.07. The summed E-state index contributed by atoms with van der Waals surface area (Å²) < 4.78 is 147. The van der Waals surface area contributed by atoms with Crippen LogP contribution in [0.5, 0.6) is 0 Å². The molecule has 0 fully saturated rings. The highest BCUT2D eigenvalue weighted by Crippen LogP contribution is 2.38. The summed E-state index contributed by atoms with van der Waals surface area (Å²) in [5.41, 5.74) is 2.13. The van der Waals surface area contributed by atoms with Gasteiger partial charge in [-0.2, -0.15) is 0 Å². The SMILES string of the molecule is [2H]c1c([2H])c([2H])c2c(c1[2H])c1c([2H])c([2H])c([2H])c([2H])c1n2-c1cccc([Si](c2ccccc2)(c2ccccc2)c2cccc3c2c2ccccc2n3-c2c([2H])c([2H])c3c(c2[2H])c2c([2H])c([2H])c([2H])c([2H])c2n3-c2cccc([Si](c3ccccc3)(c3ccccc3)c3ccccc3)c2)c1. The van der Waals surface area contributed by atoms with Gasteiger partial charge >= 0.3 is 0 Å². The molecule has 0 saturated carbocycles. The minimum atomic E-state index is -3.84. The molecule has 3 nitrogen and oxygen atoms in total. The van der Waals surface area contributed by atoms with Gasteiger partial charge in [-0.1, -0.05) is 261 Å². The Bertz CT molecular complexity index is 5790. The summed E-state index contributed by atoms with van der Waals surface area (Å²) in [4.78, 5) is 0. The number of fused-ring (bicyclic) bond motifs is 9. The number of rotatable bonds is 11. The molecule has 16 aromatic rings. The highest BCUT2D eigenvalue weighted by molar-refractivity contribution is 7.21. The lowest BCUT2D eigenvalue weighted by molar-refractivity contribution is 1.17. The highest BCUT2D eigenvalue weighted by Gasteiger charge is 2.44. The van der Waals surface area contributed by atoms with Crippen LogP contribution >= 0.6 is 0 Å². The molecule has 0 N–H and O–H groups in total. The fourth-order valence-electron chi connectivity index (χ4n) is 13.3. The van der Waals surface area contributed by atoms with E-state index in [1.165, 1.54) is 4.57 Å². The Morgan fingerprint density at radius 2 is 0.602 bits per heavy atom. The first-order valence-corrected chi connectivity index (χ1v) is 31.5. The monoisotopic (exact) mass is 1100 g/mol. The highest BCUT2D eigenvalue weighted by atomic mass is 28.3. The number of benzene rings is 13. The summed E-state index contributed by atoms with van der Waals surface area (Å²) >= 11 is 0. The summed E-state index contributed by atoms with van der Waals surface area (Å²) in [5.74, 6) is 0. The first-order valence-electron chi connectivity index (χ1n) is 35.0. The predicted octanol–water partition coefficient (Wildman–Crippen LogP) is 13.7. The van der Waals surface area contributed by atoms with Gasteiger partial charge in [-0.25, -0.2) is 0 Å². The fourth-order valence-corrected chi connectivity index (χ4v) is 23.1. The number of aromatic nitrogens is 3. The van der Waals surface area contributed by atoms with Gasteiger partial charge in [0.1, 0.15) is 0 Å². The number of hydrogen-bond acceptors (Lipinski definition) is 0. The van der Waals surface area contributed by atoms with Crippen LogP contribution in [0.1, 0.15) is 20.6 Å². The van der Waals surface area contributed by atoms with Gasteiger partial charge in [0.05, 0.1) is 53.7 Å². The van der Waals surface area contributed by atoms with Crippen LogP contribution in [0, 0.1) is 0 Å². The molecule has 0 saturated heterocycles. The van der Waals surface area contributed by atoms with E-state index in [1.54, 1.807) is 10.6 Å². The van der Waals surface area contributed by atoms with Crippen LogP contribution < -0.4 is 41.5 Å². The van der Waals surface area contributed by atoms with Crippen molar-refractivity contribution >= 4 is 123 Å². The van der Waals surface area contributed by atoms with Crippen molar-refractivity contribution in [3.8, 4) is 17.1 Å². The van der Waals surface area contributed by atoms with Crippen LogP contribution in [0.25, 0.3) is 82.5 Å². The van der Waals surface area contributed by atoms with Gasteiger partial charge in [0.25, 0.3) is 0 Å². The molecule has 3 aromatic heterocycles. The molecule has 390 valence electrons. The van der Waals surface area contributed by atoms with E-state index < -0.39 is 82.6 Å². The third-order valence-corrected chi connectivity index (χ3v) is 26.2. The maximum Gasteiger partial charge on any atom is 0.180 e. The first kappa shape index (κ1) is 35.4. The van der Waals surface area contributed by atoms with Gasteiger partial charge in [-0.15, -0.1) is 0 Å². The molecule has 0 aliphatic rings. The maximum absolute atomic E-state index is 10.8. The Balaban J connectivity index is 0.996. The molecule has 0 spiro atoms. The smallest absolute Gasteiger partial charge is 0.180 e. The topological polar surface area (TPSA) is 14.8 Å². The van der Waals surface area contributed by atoms with E-state index in [9.17, 15) is 15.1 Å². The molecule has 0 aliphatic carbocycles. The zero-order valence-corrected chi connectivity index (χ0v) is 46.4. The minimum absolute atomic E-state index is 0.0137. The zero-order valence-electron chi connectivity index (χ0n) is 59.4. The molecule has 3 heterocycles. The lowest BCUT2D eigenvalue weighted by Crippen LogP contribution is -2.74. The van der Waals surface area contributed by atoms with Crippen LogP contribution in [0.4, 0.5) is 0 Å². The summed E-state index contributed by atoms with van der Waals surface area (Å²) in [6.07, 6.45) is 0. The quantitative estimate of drug-likeness (QED) is 0.0906. The molecule has 13 aromatic carbocycles. The van der Waals surface area contributed by atoms with Crippen molar-refractivity contribution < 1.29 is 20.6 Å². The van der Waals surface area contributed by atoms with E-state index in [1.807, 2.05) is 168 Å². The average molecular weight is 1110 g/mol. The largest absolute Gasteiger partial charge is 0.309 e. The van der Waals surface area contributed by atoms with Gasteiger partial charge < -0.3 is 13.7 Å². The maximum atomic E-state index is 10.8. The molecule has 5 heteroatoms. The molecule has 83 heavy (non-hydrogen) atoms. The zero-order chi connectivity index (χ0) is 68.0. The second-order valence-electron chi connectivity index (χ2n) is 20.8. The molecule has 0 amide bonds. The van der Waals surface area contributed by atoms with Crippen molar-refractivity contribution in [1.82, 2.24) is 13.7 Å². The third kappa shape index (κ3) is 7.42. The molecular weight excluding hydrogens is 1040 g/mol. The van der Waals surface area contributed by atoms with Crippen molar-refractivity contribution in [2.24, 2.45) is 0 Å². The van der Waals surface area contributed by atoms with Crippen LogP contribution in [0.2, 0.25) is 0 Å². The average Bonchev–Trinajstić information content (AvgIpc) is 1.48. The predicted molar refractivity (Wildman–Crippen MR) is 357 cm³/mol. The molecule has 0 unspecified atom stereocenters. The summed E-state index contributed by atoms with van der Waals surface area (Å²) in [6.45, 7) is 0. The standard InChI is InChI=1S/C78H55N3Si2/c1-6-29-59(30-7-1)82(60-31-8-2-9-32-60,61-33-10-3-11-34-61)64-39-24-27-56(53-64)80-73-47-22-18-43-68(73)70-55-58(51-52-75(70)80)81-74-48-23-19-44-69(74)78-76(81)49-26-50-77(78)83(62-35-12-4-13-36-62,63-37-14-5-15-38-63)65-40-25-28-57(54-65)79-71-45-20-16-41-66(71)67-42-17-21-46-72(67)79/h1-55H/i16D,17D,18D,20D,21D,22D,41D,42D,43D,45D,46D,47D,51D,52D,55D. The van der Waals surface area contributed by atoms with E-state index in [0.717, 1.165) is 52.3 Å². The van der Waals surface area contributed by atoms with Gasteiger partial charge in [0, 0.05) is 49.4 Å². The molecule has 0 radical (unpaired) electrons. The molecule has 16 rings (SSSR count). The van der Waals surface area contributed by atoms with Crippen LogP contribution in [0.15, 0.2) is 333 Å². The van der Waals surface area contributed by atoms with Crippen molar-refractivity contribution in [3.63, 3.8) is 0 Å². The van der Waals surface area contributed by atoms with Crippen molar-refractivity contribution in [3.05, 3.63) is 333 Å². The lowest BCUT2D eigenvalue weighted by atomic mass is 10.1. The second-order valence-corrected chi connectivity index (χ2v) is 28.4. The van der Waals surface area contributed by atoms with Gasteiger partial charge in [-0.05, 0) is 114 Å². The van der Waals surface area contributed by atoms with Crippen LogP contribution in [0.3, 0.4) is 0 Å². The fraction of sp³-hybridized carbons (Fsp3) is 0. The van der Waals surface area contributed by atoms with E-state index in [4.69, 9.17) is 5.48 Å². The van der Waals surface area contributed by atoms with E-state index in [2.05, 4.69) is 72.8 Å². The van der Waals surface area contributed by atoms with Crippen LogP contribution in [-0.4, -0.2) is 29.8 Å². The number of para-hydroxylation sites is 4. The lowest BCUT2D eigenvalue weighted by Gasteiger charge is -2.35. The van der Waals surface area contributed by atoms with Gasteiger partial charge in [0.2, 0.25) is 0 Å². The second kappa shape index (κ2) is 19.7. The first-order chi connectivity index (χ1) is 47.5. The van der Waals surface area contributed by atoms with Crippen molar-refractivity contribution in [2.75, 3.05) is 0 Å². The summed E-state index contributed by atoms with van der Waals surface area (Å²) in [6, 6.07) is 74.0. The van der Waals surface area contributed by atoms with E-state index in [-0.39, 0.29) is 73.5 Å².